The van der Waals surface area contributed by atoms with E-state index in [1.165, 1.54) is 35.6 Å². The summed E-state index contributed by atoms with van der Waals surface area (Å²) in [6.45, 7) is 0. The minimum Gasteiger partial charge on any atom is -0.455 e. The molecule has 1 aliphatic rings. The second-order valence-electron chi connectivity index (χ2n) is 6.52. The summed E-state index contributed by atoms with van der Waals surface area (Å²) in [7, 11) is 0. The third-order valence-corrected chi connectivity index (χ3v) is 6.41. The first-order valence-electron chi connectivity index (χ1n) is 8.50. The van der Waals surface area contributed by atoms with E-state index in [0.717, 1.165) is 10.3 Å². The molecule has 5 rings (SSSR count). The number of hydrogen-bond acceptors (Lipinski definition) is 4. The van der Waals surface area contributed by atoms with E-state index in [4.69, 9.17) is 27.6 Å². The molecule has 0 radical (unpaired) electrons. The third kappa shape index (κ3) is 3.02. The van der Waals surface area contributed by atoms with E-state index >= 15 is 0 Å². The van der Waals surface area contributed by atoms with Crippen LogP contribution in [0.2, 0.25) is 10.0 Å². The van der Waals surface area contributed by atoms with Crippen molar-refractivity contribution in [2.24, 2.45) is 0 Å². The number of halogens is 3. The van der Waals surface area contributed by atoms with Crippen LogP contribution in [0, 0.1) is 5.82 Å². The topological polar surface area (TPSA) is 47.3 Å². The monoisotopic (exact) mass is 442 g/mol. The first-order valence-corrected chi connectivity index (χ1v) is 10.1. The van der Waals surface area contributed by atoms with Crippen LogP contribution in [0.25, 0.3) is 27.7 Å². The Morgan fingerprint density at radius 2 is 1.52 bits per heavy atom. The summed E-state index contributed by atoms with van der Waals surface area (Å²) in [5.74, 6) is -0.443. The Hall–Kier alpha value is -2.73. The lowest BCUT2D eigenvalue weighted by atomic mass is 10.1. The fourth-order valence-electron chi connectivity index (χ4n) is 3.27. The lowest BCUT2D eigenvalue weighted by Crippen LogP contribution is -1.99. The van der Waals surface area contributed by atoms with E-state index in [1.807, 2.05) is 6.07 Å². The van der Waals surface area contributed by atoms with E-state index in [0.29, 0.717) is 16.2 Å². The Morgan fingerprint density at radius 3 is 2.10 bits per heavy atom. The Kier molecular flexibility index (Phi) is 4.21. The molecule has 0 amide bonds. The molecule has 0 aliphatic heterocycles. The number of Topliss-reactive ketones (excluding diaryl/α,β-unsaturated/α-hetero) is 2. The molecule has 0 spiro atoms. The fourth-order valence-corrected chi connectivity index (χ4v) is 4.56. The molecule has 0 saturated heterocycles. The molecule has 2 aromatic heterocycles. The van der Waals surface area contributed by atoms with Gasteiger partial charge in [0.1, 0.15) is 17.2 Å². The van der Waals surface area contributed by atoms with Crippen LogP contribution in [-0.4, -0.2) is 11.6 Å². The summed E-state index contributed by atoms with van der Waals surface area (Å²) in [6.07, 6.45) is 1.56. The zero-order valence-electron chi connectivity index (χ0n) is 14.5. The van der Waals surface area contributed by atoms with Crippen LogP contribution in [0.15, 0.2) is 58.5 Å². The van der Waals surface area contributed by atoms with Gasteiger partial charge in [0, 0.05) is 27.6 Å². The van der Waals surface area contributed by atoms with E-state index in [-0.39, 0.29) is 44.1 Å². The van der Waals surface area contributed by atoms with Crippen molar-refractivity contribution in [1.82, 2.24) is 0 Å². The number of thiophene rings is 1. The third-order valence-electron chi connectivity index (χ3n) is 4.68. The maximum Gasteiger partial charge on any atom is 0.197 e. The molecule has 1 aliphatic carbocycles. The summed E-state index contributed by atoms with van der Waals surface area (Å²) in [5, 5.41) is 0.463. The molecular weight excluding hydrogens is 434 g/mol. The van der Waals surface area contributed by atoms with Gasteiger partial charge < -0.3 is 4.42 Å². The molecule has 29 heavy (non-hydrogen) atoms. The average Bonchev–Trinajstić information content (AvgIpc) is 3.31. The van der Waals surface area contributed by atoms with E-state index in [9.17, 15) is 14.0 Å². The van der Waals surface area contributed by atoms with Gasteiger partial charge in [0.25, 0.3) is 0 Å². The minimum atomic E-state index is -0.374. The number of benzene rings is 2. The van der Waals surface area contributed by atoms with Gasteiger partial charge in [-0.25, -0.2) is 4.39 Å². The molecule has 7 heteroatoms. The molecule has 0 saturated carbocycles. The number of fused-ring (bicyclic) bond motifs is 2. The molecule has 0 fully saturated rings. The summed E-state index contributed by atoms with van der Waals surface area (Å²) in [5.41, 5.74) is 1.98. The summed E-state index contributed by atoms with van der Waals surface area (Å²) in [6, 6.07) is 12.5. The fraction of sp³-hybridized carbons (Fsp3) is 0. The van der Waals surface area contributed by atoms with Gasteiger partial charge in [0.2, 0.25) is 0 Å². The molecule has 2 aromatic carbocycles. The Labute approximate surface area is 178 Å². The largest absolute Gasteiger partial charge is 0.455 e. The van der Waals surface area contributed by atoms with Gasteiger partial charge in [-0.05, 0) is 48.5 Å². The number of hydrogen-bond donors (Lipinski definition) is 0. The molecule has 0 atom stereocenters. The first-order chi connectivity index (χ1) is 13.9. The average molecular weight is 443 g/mol. The quantitative estimate of drug-likeness (QED) is 0.246. The maximum absolute atomic E-state index is 13.1. The standard InChI is InChI=1S/C22H9Cl2FO3S/c23-16-7-13-14(8-17(16)24)22(27)15(21(13)26)5-12-6-19-20(29-12)9-18(28-19)10-1-3-11(25)4-2-10/h1-9H. The van der Waals surface area contributed by atoms with Crippen LogP contribution in [0.5, 0.6) is 0 Å². The van der Waals surface area contributed by atoms with E-state index in [1.54, 1.807) is 24.3 Å². The second kappa shape index (κ2) is 6.66. The highest BCUT2D eigenvalue weighted by Gasteiger charge is 2.34. The van der Waals surface area contributed by atoms with Crippen molar-refractivity contribution in [3.8, 4) is 11.3 Å². The van der Waals surface area contributed by atoms with E-state index in [2.05, 4.69) is 0 Å². The maximum atomic E-state index is 13.1. The number of rotatable bonds is 2. The molecule has 0 bridgehead atoms. The Bertz CT molecular complexity index is 1290. The molecule has 4 aromatic rings. The molecular formula is C22H9Cl2FO3S. The lowest BCUT2D eigenvalue weighted by Gasteiger charge is -1.98. The predicted molar refractivity (Wildman–Crippen MR) is 113 cm³/mol. The van der Waals surface area contributed by atoms with Gasteiger partial charge in [-0.1, -0.05) is 23.2 Å². The molecule has 0 N–H and O–H groups in total. The number of furan rings is 1. The number of ketones is 2. The van der Waals surface area contributed by atoms with Gasteiger partial charge in [-0.2, -0.15) is 0 Å². The summed E-state index contributed by atoms with van der Waals surface area (Å²) >= 11 is 13.4. The van der Waals surface area contributed by atoms with Gasteiger partial charge in [0.15, 0.2) is 11.6 Å². The molecule has 2 heterocycles. The van der Waals surface area contributed by atoms with Crippen molar-refractivity contribution in [2.45, 2.75) is 0 Å². The smallest absolute Gasteiger partial charge is 0.197 e. The highest BCUT2D eigenvalue weighted by molar-refractivity contribution is 7.19. The lowest BCUT2D eigenvalue weighted by molar-refractivity contribution is 0.0990. The van der Waals surface area contributed by atoms with Crippen molar-refractivity contribution in [1.29, 1.82) is 0 Å². The van der Waals surface area contributed by atoms with E-state index < -0.39 is 0 Å². The van der Waals surface area contributed by atoms with Crippen LogP contribution in [0.4, 0.5) is 4.39 Å². The number of carbonyl (C=O) groups is 2. The normalized spacial score (nSPS) is 13.4. The summed E-state index contributed by atoms with van der Waals surface area (Å²) < 4.78 is 19.8. The van der Waals surface area contributed by atoms with Crippen LogP contribution in [-0.2, 0) is 0 Å². The minimum absolute atomic E-state index is 0.0704. The van der Waals surface area contributed by atoms with Crippen molar-refractivity contribution in [3.05, 3.63) is 86.0 Å². The Morgan fingerprint density at radius 1 is 0.897 bits per heavy atom. The highest BCUT2D eigenvalue weighted by Crippen LogP contribution is 2.37. The molecule has 3 nitrogen and oxygen atoms in total. The van der Waals surface area contributed by atoms with Gasteiger partial charge in [-0.3, -0.25) is 9.59 Å². The molecule has 0 unspecified atom stereocenters. The first kappa shape index (κ1) is 18.3. The Balaban J connectivity index is 1.51. The summed E-state index contributed by atoms with van der Waals surface area (Å²) in [4.78, 5) is 26.0. The second-order valence-corrected chi connectivity index (χ2v) is 8.45. The van der Waals surface area contributed by atoms with Crippen molar-refractivity contribution < 1.29 is 18.4 Å². The molecule has 142 valence electrons. The predicted octanol–water partition coefficient (Wildman–Crippen LogP) is 7.07. The van der Waals surface area contributed by atoms with Gasteiger partial charge >= 0.3 is 0 Å². The highest BCUT2D eigenvalue weighted by atomic mass is 35.5. The van der Waals surface area contributed by atoms with Gasteiger partial charge in [-0.15, -0.1) is 11.3 Å². The van der Waals surface area contributed by atoms with Crippen LogP contribution < -0.4 is 0 Å². The van der Waals surface area contributed by atoms with Crippen LogP contribution in [0.3, 0.4) is 0 Å². The number of allylic oxidation sites excluding steroid dienone is 1. The van der Waals surface area contributed by atoms with Gasteiger partial charge in [0.05, 0.1) is 20.3 Å². The zero-order chi connectivity index (χ0) is 20.3. The SMILES string of the molecule is O=C1C(=Cc2cc3oc(-c4ccc(F)cc4)cc3s2)C(=O)c2cc(Cl)c(Cl)cc21. The van der Waals surface area contributed by atoms with Crippen molar-refractivity contribution >= 4 is 62.5 Å². The number of carbonyl (C=O) groups excluding carboxylic acids is 2. The van der Waals surface area contributed by atoms with Crippen molar-refractivity contribution in [3.63, 3.8) is 0 Å². The van der Waals surface area contributed by atoms with Crippen LogP contribution in [0.1, 0.15) is 25.6 Å². The van der Waals surface area contributed by atoms with Crippen molar-refractivity contribution in [2.75, 3.05) is 0 Å². The zero-order valence-corrected chi connectivity index (χ0v) is 16.8. The van der Waals surface area contributed by atoms with Crippen LogP contribution >= 0.6 is 34.5 Å².